The second-order valence-electron chi connectivity index (χ2n) is 7.37. The minimum absolute atomic E-state index is 0.132. The molecule has 0 spiro atoms. The number of carbonyl (C=O) groups is 1. The van der Waals surface area contributed by atoms with E-state index in [1.165, 1.54) is 17.4 Å². The number of fused-ring (bicyclic) bond motifs is 1. The Hall–Kier alpha value is -2.67. The van der Waals surface area contributed by atoms with Crippen molar-refractivity contribution in [3.05, 3.63) is 93.2 Å². The first kappa shape index (κ1) is 22.5. The normalized spacial score (nSPS) is 12.1. The number of aromatic nitrogens is 1. The highest BCUT2D eigenvalue weighted by Gasteiger charge is 2.22. The van der Waals surface area contributed by atoms with Crippen LogP contribution in [-0.2, 0) is 6.42 Å². The number of aromatic carboxylic acids is 1. The molecule has 0 aliphatic heterocycles. The molecule has 4 aromatic rings. The highest BCUT2D eigenvalue weighted by Crippen LogP contribution is 2.35. The van der Waals surface area contributed by atoms with E-state index in [0.29, 0.717) is 38.4 Å². The lowest BCUT2D eigenvalue weighted by Crippen LogP contribution is -2.29. The molecule has 0 bridgehead atoms. The molecular formula is C24H19Cl2FN2O2S. The third kappa shape index (κ3) is 4.72. The van der Waals surface area contributed by atoms with Crippen LogP contribution in [0.1, 0.15) is 34.5 Å². The van der Waals surface area contributed by atoms with Gasteiger partial charge in [-0.2, -0.15) is 0 Å². The van der Waals surface area contributed by atoms with Gasteiger partial charge in [0.15, 0.2) is 5.13 Å². The van der Waals surface area contributed by atoms with E-state index in [2.05, 4.69) is 9.88 Å². The molecule has 1 heterocycles. The third-order valence-electron chi connectivity index (χ3n) is 5.35. The predicted octanol–water partition coefficient (Wildman–Crippen LogP) is 7.25. The van der Waals surface area contributed by atoms with E-state index in [1.54, 1.807) is 48.5 Å². The molecule has 0 saturated heterocycles. The maximum absolute atomic E-state index is 14.3. The fourth-order valence-corrected chi connectivity index (χ4v) is 5.11. The monoisotopic (exact) mass is 488 g/mol. The lowest BCUT2D eigenvalue weighted by Gasteiger charge is -2.29. The maximum atomic E-state index is 14.3. The Morgan fingerprint density at radius 3 is 2.56 bits per heavy atom. The lowest BCUT2D eigenvalue weighted by molar-refractivity contribution is 0.0697. The van der Waals surface area contributed by atoms with Crippen LogP contribution in [0.4, 0.5) is 9.52 Å². The maximum Gasteiger partial charge on any atom is 0.335 e. The average molecular weight is 489 g/mol. The summed E-state index contributed by atoms with van der Waals surface area (Å²) >= 11 is 13.7. The molecule has 0 aliphatic carbocycles. The van der Waals surface area contributed by atoms with Gasteiger partial charge >= 0.3 is 5.97 Å². The van der Waals surface area contributed by atoms with Crippen molar-refractivity contribution in [1.29, 1.82) is 0 Å². The van der Waals surface area contributed by atoms with Crippen LogP contribution in [0.15, 0.2) is 60.7 Å². The van der Waals surface area contributed by atoms with Crippen molar-refractivity contribution >= 4 is 55.9 Å². The Bertz CT molecular complexity index is 1280. The van der Waals surface area contributed by atoms with Gasteiger partial charge in [-0.25, -0.2) is 14.2 Å². The molecule has 0 radical (unpaired) electrons. The van der Waals surface area contributed by atoms with Gasteiger partial charge in [0.05, 0.1) is 21.8 Å². The van der Waals surface area contributed by atoms with Crippen LogP contribution in [0.2, 0.25) is 10.0 Å². The van der Waals surface area contributed by atoms with Gasteiger partial charge in [-0.1, -0.05) is 58.8 Å². The van der Waals surface area contributed by atoms with Crippen molar-refractivity contribution in [3.8, 4) is 0 Å². The molecule has 4 rings (SSSR count). The van der Waals surface area contributed by atoms with E-state index >= 15 is 0 Å². The third-order valence-corrected chi connectivity index (χ3v) is 7.05. The topological polar surface area (TPSA) is 53.4 Å². The minimum atomic E-state index is -0.972. The summed E-state index contributed by atoms with van der Waals surface area (Å²) in [4.78, 5) is 18.0. The quantitative estimate of drug-likeness (QED) is 0.297. The number of rotatable bonds is 7. The molecule has 4 nitrogen and oxygen atoms in total. The van der Waals surface area contributed by atoms with Crippen LogP contribution in [-0.4, -0.2) is 22.6 Å². The number of carboxylic acid groups (broad SMARTS) is 1. The summed E-state index contributed by atoms with van der Waals surface area (Å²) in [6.45, 7) is 2.59. The van der Waals surface area contributed by atoms with E-state index in [0.717, 1.165) is 11.1 Å². The Balaban J connectivity index is 1.69. The Kier molecular flexibility index (Phi) is 6.65. The fraction of sp³-hybridized carbons (Fsp3) is 0.167. The van der Waals surface area contributed by atoms with Gasteiger partial charge in [0.2, 0.25) is 0 Å². The SMILES string of the molecule is CC(c1ccc(C(=O)O)cc1)N(CCc1ccc(Cl)cc1Cl)c1nc2cccc(F)c2s1. The van der Waals surface area contributed by atoms with Crippen LogP contribution in [0.25, 0.3) is 10.2 Å². The largest absolute Gasteiger partial charge is 0.478 e. The minimum Gasteiger partial charge on any atom is -0.478 e. The molecule has 1 unspecified atom stereocenters. The number of halogens is 3. The zero-order valence-corrected chi connectivity index (χ0v) is 19.4. The summed E-state index contributed by atoms with van der Waals surface area (Å²) in [5.41, 5.74) is 2.70. The van der Waals surface area contributed by atoms with Gasteiger partial charge < -0.3 is 10.0 Å². The predicted molar refractivity (Wildman–Crippen MR) is 129 cm³/mol. The van der Waals surface area contributed by atoms with Gasteiger partial charge in [-0.3, -0.25) is 0 Å². The van der Waals surface area contributed by atoms with E-state index in [4.69, 9.17) is 23.2 Å². The molecule has 164 valence electrons. The van der Waals surface area contributed by atoms with E-state index < -0.39 is 5.97 Å². The number of carboxylic acids is 1. The van der Waals surface area contributed by atoms with Gasteiger partial charge in [0.25, 0.3) is 0 Å². The average Bonchev–Trinajstić information content (AvgIpc) is 3.20. The summed E-state index contributed by atoms with van der Waals surface area (Å²) in [6.07, 6.45) is 0.631. The summed E-state index contributed by atoms with van der Waals surface area (Å²) in [6, 6.07) is 16.9. The molecule has 1 aromatic heterocycles. The Morgan fingerprint density at radius 1 is 1.16 bits per heavy atom. The van der Waals surface area contributed by atoms with Gasteiger partial charge in [0, 0.05) is 16.6 Å². The molecule has 0 aliphatic rings. The molecule has 3 aromatic carbocycles. The van der Waals surface area contributed by atoms with Crippen molar-refractivity contribution in [1.82, 2.24) is 4.98 Å². The molecule has 8 heteroatoms. The summed E-state index contributed by atoms with van der Waals surface area (Å²) < 4.78 is 14.8. The number of nitrogens with zero attached hydrogens (tertiary/aromatic N) is 2. The summed E-state index contributed by atoms with van der Waals surface area (Å²) in [7, 11) is 0. The number of anilines is 1. The number of hydrogen-bond donors (Lipinski definition) is 1. The van der Waals surface area contributed by atoms with E-state index in [9.17, 15) is 14.3 Å². The van der Waals surface area contributed by atoms with Gasteiger partial charge in [0.1, 0.15) is 5.82 Å². The first-order chi connectivity index (χ1) is 15.3. The van der Waals surface area contributed by atoms with Crippen LogP contribution >= 0.6 is 34.5 Å². The zero-order valence-electron chi connectivity index (χ0n) is 17.1. The molecule has 0 saturated carbocycles. The van der Waals surface area contributed by atoms with Crippen molar-refractivity contribution < 1.29 is 14.3 Å². The summed E-state index contributed by atoms with van der Waals surface area (Å²) in [5.74, 6) is -1.27. The van der Waals surface area contributed by atoms with Gasteiger partial charge in [-0.15, -0.1) is 0 Å². The first-order valence-electron chi connectivity index (χ1n) is 9.92. The van der Waals surface area contributed by atoms with Crippen molar-refractivity contribution in [2.45, 2.75) is 19.4 Å². The lowest BCUT2D eigenvalue weighted by atomic mass is 10.0. The highest BCUT2D eigenvalue weighted by molar-refractivity contribution is 7.22. The molecule has 32 heavy (non-hydrogen) atoms. The summed E-state index contributed by atoms with van der Waals surface area (Å²) in [5, 5.41) is 11.0. The van der Waals surface area contributed by atoms with Crippen LogP contribution in [0.5, 0.6) is 0 Å². The Labute approximate surface area is 198 Å². The van der Waals surface area contributed by atoms with Crippen LogP contribution in [0.3, 0.4) is 0 Å². The number of thiazole rings is 1. The van der Waals surface area contributed by atoms with Crippen molar-refractivity contribution in [2.24, 2.45) is 0 Å². The van der Waals surface area contributed by atoms with E-state index in [-0.39, 0.29) is 17.4 Å². The van der Waals surface area contributed by atoms with Crippen molar-refractivity contribution in [2.75, 3.05) is 11.4 Å². The number of hydrogen-bond acceptors (Lipinski definition) is 4. The zero-order chi connectivity index (χ0) is 22.8. The van der Waals surface area contributed by atoms with Crippen LogP contribution in [0, 0.1) is 5.82 Å². The molecule has 0 amide bonds. The highest BCUT2D eigenvalue weighted by atomic mass is 35.5. The molecule has 1 N–H and O–H groups in total. The van der Waals surface area contributed by atoms with Crippen molar-refractivity contribution in [3.63, 3.8) is 0 Å². The number of benzene rings is 3. The Morgan fingerprint density at radius 2 is 1.91 bits per heavy atom. The molecule has 1 atom stereocenters. The molecular weight excluding hydrogens is 470 g/mol. The van der Waals surface area contributed by atoms with Crippen LogP contribution < -0.4 is 4.90 Å². The fourth-order valence-electron chi connectivity index (χ4n) is 3.53. The standard InChI is InChI=1S/C24H19Cl2FN2O2S/c1-14(15-5-7-17(8-6-15)23(30)31)29(12-11-16-9-10-18(25)13-19(16)26)24-28-21-4-2-3-20(27)22(21)32-24/h2-10,13-14H,11-12H2,1H3,(H,30,31). The van der Waals surface area contributed by atoms with E-state index in [1.807, 2.05) is 13.0 Å². The first-order valence-corrected chi connectivity index (χ1v) is 11.5. The second kappa shape index (κ2) is 9.45. The van der Waals surface area contributed by atoms with Gasteiger partial charge in [-0.05, 0) is 60.9 Å². The smallest absolute Gasteiger partial charge is 0.335 e. The second-order valence-corrected chi connectivity index (χ2v) is 9.19. The molecule has 0 fully saturated rings.